The van der Waals surface area contributed by atoms with E-state index in [2.05, 4.69) is 15.9 Å². The molecule has 1 heterocycles. The Morgan fingerprint density at radius 3 is 2.58 bits per heavy atom. The van der Waals surface area contributed by atoms with E-state index in [0.717, 1.165) is 10.0 Å². The second kappa shape index (κ2) is 7.49. The molecule has 1 aromatic carbocycles. The van der Waals surface area contributed by atoms with Gasteiger partial charge in [0.2, 0.25) is 5.43 Å². The minimum Gasteiger partial charge on any atom is -0.462 e. The molecule has 1 aromatic heterocycles. The fraction of sp³-hybridized carbons (Fsp3) is 0.444. The van der Waals surface area contributed by atoms with Crippen LogP contribution in [0.1, 0.15) is 42.7 Å². The lowest BCUT2D eigenvalue weighted by atomic mass is 10.0. The Kier molecular flexibility index (Phi) is 5.83. The zero-order valence-electron chi connectivity index (χ0n) is 14.3. The van der Waals surface area contributed by atoms with Crippen molar-refractivity contribution in [2.75, 3.05) is 13.2 Å². The predicted octanol–water partition coefficient (Wildman–Crippen LogP) is 3.44. The number of ether oxygens (including phenoxy) is 1. The number of fused-ring (bicyclic) bond motifs is 1. The molecule has 0 aliphatic heterocycles. The van der Waals surface area contributed by atoms with E-state index in [1.807, 2.05) is 31.4 Å². The maximum Gasteiger partial charge on any atom is 0.343 e. The number of hydrogen-bond donors (Lipinski definition) is 1. The molecule has 0 unspecified atom stereocenters. The van der Waals surface area contributed by atoms with Crippen LogP contribution in [0.25, 0.3) is 10.9 Å². The summed E-state index contributed by atoms with van der Waals surface area (Å²) in [6, 6.07) is 3.36. The zero-order chi connectivity index (χ0) is 18.0. The molecule has 24 heavy (non-hydrogen) atoms. The first-order valence-electron chi connectivity index (χ1n) is 7.94. The number of benzene rings is 1. The smallest absolute Gasteiger partial charge is 0.343 e. The van der Waals surface area contributed by atoms with Gasteiger partial charge in [0.15, 0.2) is 0 Å². The highest BCUT2D eigenvalue weighted by atomic mass is 79.9. The van der Waals surface area contributed by atoms with Crippen LogP contribution in [0.4, 0.5) is 0 Å². The van der Waals surface area contributed by atoms with Crippen LogP contribution >= 0.6 is 15.9 Å². The van der Waals surface area contributed by atoms with Crippen molar-refractivity contribution in [1.29, 1.82) is 0 Å². The molecule has 0 aliphatic carbocycles. The Morgan fingerprint density at radius 2 is 2.04 bits per heavy atom. The summed E-state index contributed by atoms with van der Waals surface area (Å²) in [5.74, 6) is -0.519. The third-order valence-electron chi connectivity index (χ3n) is 4.12. The van der Waals surface area contributed by atoms with Crippen LogP contribution in [0, 0.1) is 12.8 Å². The summed E-state index contributed by atoms with van der Waals surface area (Å²) in [6.45, 7) is 7.71. The summed E-state index contributed by atoms with van der Waals surface area (Å²) in [5.41, 5.74) is 1.29. The summed E-state index contributed by atoms with van der Waals surface area (Å²) in [7, 11) is 0. The number of rotatable bonds is 5. The zero-order valence-corrected chi connectivity index (χ0v) is 15.9. The van der Waals surface area contributed by atoms with Crippen LogP contribution in [0.2, 0.25) is 0 Å². The summed E-state index contributed by atoms with van der Waals surface area (Å²) in [4.78, 5) is 24.9. The number of esters is 1. The highest BCUT2D eigenvalue weighted by Crippen LogP contribution is 2.27. The molecule has 0 amide bonds. The van der Waals surface area contributed by atoms with Crippen molar-refractivity contribution in [3.63, 3.8) is 0 Å². The highest BCUT2D eigenvalue weighted by molar-refractivity contribution is 9.10. The maximum absolute atomic E-state index is 12.7. The standard InChI is InChI=1S/C18H22BrNO4/c1-5-24-18(23)13-8-20(16(9-21)10(2)3)15-6-11(4)14(19)7-12(15)17(13)22/h6-8,10,16,21H,5,9H2,1-4H3/t16-/m1/s1. The lowest BCUT2D eigenvalue weighted by Gasteiger charge is -2.25. The summed E-state index contributed by atoms with van der Waals surface area (Å²) >= 11 is 3.44. The number of aliphatic hydroxyl groups is 1. The SMILES string of the molecule is CCOC(=O)c1cn([C@H](CO)C(C)C)c2cc(C)c(Br)cc2c1=O. The molecular formula is C18H22BrNO4. The van der Waals surface area contributed by atoms with E-state index in [9.17, 15) is 14.7 Å². The van der Waals surface area contributed by atoms with E-state index < -0.39 is 5.97 Å². The first kappa shape index (κ1) is 18.7. The topological polar surface area (TPSA) is 68.5 Å². The van der Waals surface area contributed by atoms with Crippen molar-refractivity contribution < 1.29 is 14.6 Å². The molecule has 5 nitrogen and oxygen atoms in total. The fourth-order valence-corrected chi connectivity index (χ4v) is 3.07. The van der Waals surface area contributed by atoms with Gasteiger partial charge in [0, 0.05) is 16.1 Å². The van der Waals surface area contributed by atoms with Crippen molar-refractivity contribution in [3.05, 3.63) is 44.2 Å². The number of aromatic nitrogens is 1. The van der Waals surface area contributed by atoms with Gasteiger partial charge in [-0.25, -0.2) is 4.79 Å². The first-order valence-corrected chi connectivity index (χ1v) is 8.74. The average molecular weight is 396 g/mol. The second-order valence-electron chi connectivity index (χ2n) is 6.11. The Morgan fingerprint density at radius 1 is 1.38 bits per heavy atom. The number of carbonyl (C=O) groups is 1. The number of aryl methyl sites for hydroxylation is 1. The van der Waals surface area contributed by atoms with Crippen LogP contribution < -0.4 is 5.43 Å². The Hall–Kier alpha value is -1.66. The van der Waals surface area contributed by atoms with E-state index in [1.165, 1.54) is 6.20 Å². The summed E-state index contributed by atoms with van der Waals surface area (Å²) in [6.07, 6.45) is 1.51. The number of halogens is 1. The second-order valence-corrected chi connectivity index (χ2v) is 6.97. The summed E-state index contributed by atoms with van der Waals surface area (Å²) < 4.78 is 7.62. The van der Waals surface area contributed by atoms with Gasteiger partial charge in [-0.2, -0.15) is 0 Å². The number of pyridine rings is 1. The van der Waals surface area contributed by atoms with E-state index in [-0.39, 0.29) is 36.2 Å². The molecule has 2 rings (SSSR count). The normalized spacial score (nSPS) is 12.6. The largest absolute Gasteiger partial charge is 0.462 e. The van der Waals surface area contributed by atoms with Gasteiger partial charge in [-0.05, 0) is 37.5 Å². The van der Waals surface area contributed by atoms with Crippen LogP contribution in [-0.4, -0.2) is 28.9 Å². The van der Waals surface area contributed by atoms with Crippen LogP contribution in [0.5, 0.6) is 0 Å². The molecule has 2 aromatic rings. The first-order chi connectivity index (χ1) is 11.3. The molecule has 0 saturated carbocycles. The molecule has 1 atom stereocenters. The van der Waals surface area contributed by atoms with Gasteiger partial charge in [-0.1, -0.05) is 29.8 Å². The molecule has 0 spiro atoms. The highest BCUT2D eigenvalue weighted by Gasteiger charge is 2.22. The third kappa shape index (κ3) is 3.39. The van der Waals surface area contributed by atoms with Gasteiger partial charge in [0.1, 0.15) is 5.56 Å². The average Bonchev–Trinajstić information content (AvgIpc) is 2.52. The maximum atomic E-state index is 12.7. The monoisotopic (exact) mass is 395 g/mol. The van der Waals surface area contributed by atoms with Crippen molar-refractivity contribution in [1.82, 2.24) is 4.57 Å². The van der Waals surface area contributed by atoms with Crippen LogP contribution in [0.3, 0.4) is 0 Å². The number of hydrogen-bond acceptors (Lipinski definition) is 4. The van der Waals surface area contributed by atoms with Gasteiger partial charge >= 0.3 is 5.97 Å². The van der Waals surface area contributed by atoms with Crippen LogP contribution in [-0.2, 0) is 4.74 Å². The van der Waals surface area contributed by atoms with Gasteiger partial charge in [0.25, 0.3) is 0 Å². The van der Waals surface area contributed by atoms with Gasteiger partial charge < -0.3 is 14.4 Å². The lowest BCUT2D eigenvalue weighted by Crippen LogP contribution is -2.26. The van der Waals surface area contributed by atoms with Crippen molar-refractivity contribution in [2.24, 2.45) is 5.92 Å². The van der Waals surface area contributed by atoms with Gasteiger partial charge in [-0.3, -0.25) is 4.79 Å². The predicted molar refractivity (Wildman–Crippen MR) is 97.6 cm³/mol. The molecule has 130 valence electrons. The molecule has 0 fully saturated rings. The molecule has 0 radical (unpaired) electrons. The van der Waals surface area contributed by atoms with E-state index >= 15 is 0 Å². The van der Waals surface area contributed by atoms with Crippen LogP contribution in [0.15, 0.2) is 27.6 Å². The minimum atomic E-state index is -0.643. The van der Waals surface area contributed by atoms with Crippen molar-refractivity contribution in [3.8, 4) is 0 Å². The number of nitrogens with zero attached hydrogens (tertiary/aromatic N) is 1. The summed E-state index contributed by atoms with van der Waals surface area (Å²) in [5, 5.41) is 10.2. The van der Waals surface area contributed by atoms with Crippen molar-refractivity contribution >= 4 is 32.8 Å². The van der Waals surface area contributed by atoms with Gasteiger partial charge in [0.05, 0.1) is 24.8 Å². The molecule has 0 aliphatic rings. The Balaban J connectivity index is 2.88. The van der Waals surface area contributed by atoms with E-state index in [1.54, 1.807) is 13.0 Å². The van der Waals surface area contributed by atoms with E-state index in [4.69, 9.17) is 4.74 Å². The third-order valence-corrected chi connectivity index (χ3v) is 4.98. The minimum absolute atomic E-state index is 0.0146. The number of aliphatic hydroxyl groups excluding tert-OH is 1. The quantitative estimate of drug-likeness (QED) is 0.787. The molecule has 0 saturated heterocycles. The lowest BCUT2D eigenvalue weighted by molar-refractivity contribution is 0.0523. The van der Waals surface area contributed by atoms with Crippen molar-refractivity contribution in [2.45, 2.75) is 33.7 Å². The number of carbonyl (C=O) groups excluding carboxylic acids is 1. The Labute approximate surface area is 149 Å². The molecule has 6 heteroatoms. The van der Waals surface area contributed by atoms with E-state index in [0.29, 0.717) is 10.9 Å². The molecular weight excluding hydrogens is 374 g/mol. The molecule has 1 N–H and O–H groups in total. The molecule has 0 bridgehead atoms. The van der Waals surface area contributed by atoms with Gasteiger partial charge in [-0.15, -0.1) is 0 Å². The fourth-order valence-electron chi connectivity index (χ4n) is 2.72. The Bertz CT molecular complexity index is 826.